The van der Waals surface area contributed by atoms with Gasteiger partial charge in [0.2, 0.25) is 5.84 Å². The molecule has 0 bridgehead atoms. The van der Waals surface area contributed by atoms with Gasteiger partial charge in [-0.3, -0.25) is 9.91 Å². The number of urea groups is 1. The monoisotopic (exact) mass is 548 g/mol. The summed E-state index contributed by atoms with van der Waals surface area (Å²) in [7, 11) is 6.43. The molecule has 6 rings (SSSR count). The molecule has 8 nitrogen and oxygen atoms in total. The van der Waals surface area contributed by atoms with Crippen LogP contribution in [-0.4, -0.2) is 90.8 Å². The topological polar surface area (TPSA) is 72.9 Å². The molecule has 3 aliphatic carbocycles. The number of anilines is 1. The van der Waals surface area contributed by atoms with Gasteiger partial charge in [-0.25, -0.2) is 9.78 Å². The van der Waals surface area contributed by atoms with Gasteiger partial charge in [0.1, 0.15) is 5.82 Å². The summed E-state index contributed by atoms with van der Waals surface area (Å²) >= 11 is 0. The van der Waals surface area contributed by atoms with E-state index in [1.54, 1.807) is 12.3 Å². The lowest BCUT2D eigenvalue weighted by Gasteiger charge is -2.49. The highest BCUT2D eigenvalue weighted by molar-refractivity contribution is 5.80. The van der Waals surface area contributed by atoms with Crippen LogP contribution in [0.4, 0.5) is 23.8 Å². The molecule has 11 heteroatoms. The fourth-order valence-electron chi connectivity index (χ4n) is 7.05. The van der Waals surface area contributed by atoms with Gasteiger partial charge in [-0.15, -0.1) is 5.10 Å². The Kier molecular flexibility index (Phi) is 6.13. The Labute approximate surface area is 228 Å². The molecule has 2 N–H and O–H groups in total. The van der Waals surface area contributed by atoms with Crippen molar-refractivity contribution in [3.8, 4) is 0 Å². The van der Waals surface area contributed by atoms with Gasteiger partial charge in [0.15, 0.2) is 6.17 Å². The highest BCUT2D eigenvalue weighted by Crippen LogP contribution is 2.57. The molecule has 39 heavy (non-hydrogen) atoms. The van der Waals surface area contributed by atoms with Gasteiger partial charge >= 0.3 is 12.2 Å². The zero-order chi connectivity index (χ0) is 27.8. The highest BCUT2D eigenvalue weighted by atomic mass is 19.4. The van der Waals surface area contributed by atoms with Crippen LogP contribution in [0.3, 0.4) is 0 Å². The molecule has 1 unspecified atom stereocenters. The second-order valence-corrected chi connectivity index (χ2v) is 13.7. The number of halogens is 3. The van der Waals surface area contributed by atoms with Crippen molar-refractivity contribution in [2.75, 3.05) is 52.6 Å². The molecule has 2 amide bonds. The summed E-state index contributed by atoms with van der Waals surface area (Å²) in [5, 5.41) is 7.61. The number of carbonyl (C=O) groups is 1. The summed E-state index contributed by atoms with van der Waals surface area (Å²) in [4.78, 5) is 21.1. The van der Waals surface area contributed by atoms with Gasteiger partial charge in [-0.05, 0) is 55.6 Å². The SMILES string of the molecule is CN(CC1(C)CC(C2=NNC(C3CC3)[N+]2(C)C)C1)C(=O)N1CC(c2ccc(NCC3(C(F)(F)F)CC3)nc2)C1. The molecule has 1 aromatic rings. The number of pyridine rings is 1. The lowest BCUT2D eigenvalue weighted by molar-refractivity contribution is -0.829. The van der Waals surface area contributed by atoms with Crippen LogP contribution in [0, 0.1) is 22.7 Å². The summed E-state index contributed by atoms with van der Waals surface area (Å²) in [6.45, 7) is 4.12. The third-order valence-corrected chi connectivity index (χ3v) is 9.93. The first-order chi connectivity index (χ1) is 18.3. The van der Waals surface area contributed by atoms with Gasteiger partial charge in [0.25, 0.3) is 0 Å². The van der Waals surface area contributed by atoms with Crippen molar-refractivity contribution >= 4 is 17.7 Å². The Hall–Kier alpha value is -2.56. The van der Waals surface area contributed by atoms with Crippen LogP contribution in [0.5, 0.6) is 0 Å². The predicted octanol–water partition coefficient (Wildman–Crippen LogP) is 4.43. The van der Waals surface area contributed by atoms with Crippen LogP contribution in [0.15, 0.2) is 23.4 Å². The van der Waals surface area contributed by atoms with Crippen LogP contribution in [0.1, 0.15) is 56.9 Å². The zero-order valence-corrected chi connectivity index (χ0v) is 23.4. The summed E-state index contributed by atoms with van der Waals surface area (Å²) in [5.74, 6) is 3.11. The third-order valence-electron chi connectivity index (χ3n) is 9.93. The minimum Gasteiger partial charge on any atom is -0.369 e. The van der Waals surface area contributed by atoms with Gasteiger partial charge < -0.3 is 15.1 Å². The van der Waals surface area contributed by atoms with E-state index in [2.05, 4.69) is 36.7 Å². The van der Waals surface area contributed by atoms with E-state index in [-0.39, 0.29) is 36.8 Å². The quantitative estimate of drug-likeness (QED) is 0.472. The maximum atomic E-state index is 13.1. The van der Waals surface area contributed by atoms with Crippen LogP contribution in [0.25, 0.3) is 0 Å². The summed E-state index contributed by atoms with van der Waals surface area (Å²) in [6.07, 6.45) is 2.97. The minimum atomic E-state index is -4.18. The first-order valence-electron chi connectivity index (χ1n) is 14.2. The van der Waals surface area contributed by atoms with Gasteiger partial charge in [0, 0.05) is 51.3 Å². The predicted molar refractivity (Wildman–Crippen MR) is 143 cm³/mol. The number of carbonyl (C=O) groups excluding carboxylic acids is 1. The van der Waals surface area contributed by atoms with E-state index in [0.717, 1.165) is 35.4 Å². The Morgan fingerprint density at radius 3 is 2.46 bits per heavy atom. The van der Waals surface area contributed by atoms with Crippen molar-refractivity contribution in [1.82, 2.24) is 20.2 Å². The number of hydrogen-bond acceptors (Lipinski definition) is 5. The maximum absolute atomic E-state index is 13.1. The third kappa shape index (κ3) is 4.85. The molecule has 0 radical (unpaired) electrons. The van der Waals surface area contributed by atoms with Gasteiger partial charge in [-0.2, -0.15) is 13.2 Å². The van der Waals surface area contributed by atoms with Gasteiger partial charge in [-0.1, -0.05) is 13.0 Å². The number of alkyl halides is 3. The van der Waals surface area contributed by atoms with Crippen molar-refractivity contribution in [2.24, 2.45) is 27.8 Å². The normalized spacial score (nSPS) is 31.1. The highest BCUT2D eigenvalue weighted by Gasteiger charge is 2.63. The molecule has 5 aliphatic rings. The summed E-state index contributed by atoms with van der Waals surface area (Å²) < 4.78 is 40.3. The molecule has 0 spiro atoms. The van der Waals surface area contributed by atoms with Crippen LogP contribution >= 0.6 is 0 Å². The van der Waals surface area contributed by atoms with Crippen LogP contribution in [-0.2, 0) is 0 Å². The summed E-state index contributed by atoms with van der Waals surface area (Å²) in [6, 6.07) is 3.69. The maximum Gasteiger partial charge on any atom is 0.396 e. The Morgan fingerprint density at radius 2 is 1.90 bits per heavy atom. The number of amidine groups is 1. The van der Waals surface area contributed by atoms with Crippen molar-refractivity contribution in [3.63, 3.8) is 0 Å². The minimum absolute atomic E-state index is 0.0498. The first-order valence-corrected chi connectivity index (χ1v) is 14.2. The Morgan fingerprint density at radius 1 is 1.21 bits per heavy atom. The number of nitrogens with one attached hydrogen (secondary N) is 2. The Bertz CT molecular complexity index is 1130. The second kappa shape index (κ2) is 8.97. The second-order valence-electron chi connectivity index (χ2n) is 13.7. The average molecular weight is 549 g/mol. The molecule has 2 aliphatic heterocycles. The Balaban J connectivity index is 0.945. The number of likely N-dealkylation sites (tertiary alicyclic amines) is 1. The van der Waals surface area contributed by atoms with E-state index in [0.29, 0.717) is 31.0 Å². The largest absolute Gasteiger partial charge is 0.396 e. The summed E-state index contributed by atoms with van der Waals surface area (Å²) in [5.41, 5.74) is 2.91. The number of amides is 2. The number of quaternary nitrogens is 1. The number of hydrogen-bond donors (Lipinski definition) is 2. The average Bonchev–Trinajstić information content (AvgIpc) is 3.73. The lowest BCUT2D eigenvalue weighted by atomic mass is 9.62. The molecule has 214 valence electrons. The lowest BCUT2D eigenvalue weighted by Crippen LogP contribution is -2.59. The fourth-order valence-corrected chi connectivity index (χ4v) is 7.05. The van der Waals surface area contributed by atoms with E-state index in [4.69, 9.17) is 5.10 Å². The van der Waals surface area contributed by atoms with Crippen molar-refractivity contribution in [3.05, 3.63) is 23.9 Å². The fraction of sp³-hybridized carbons (Fsp3) is 0.750. The molecular weight excluding hydrogens is 507 g/mol. The molecule has 4 fully saturated rings. The standard InChI is InChI=1S/C28H41F3N7O/c1-26(11-20(12-26)24-35-34-23(18-5-6-18)38(24,3)4)17-36(2)25(39)37-14-21(15-37)19-7-8-22(32-13-19)33-16-27(9-10-27)28(29,30)31/h7-8,13,18,20-21,23,34H,5-6,9-12,14-17H2,1-4H3,(H,32,33)/q+1. The van der Waals surface area contributed by atoms with Crippen molar-refractivity contribution < 1.29 is 22.4 Å². The van der Waals surface area contributed by atoms with Crippen LogP contribution < -0.4 is 10.7 Å². The van der Waals surface area contributed by atoms with Crippen molar-refractivity contribution in [2.45, 2.75) is 63.7 Å². The molecule has 1 atom stereocenters. The first kappa shape index (κ1) is 26.7. The molecule has 1 saturated heterocycles. The smallest absolute Gasteiger partial charge is 0.369 e. The van der Waals surface area contributed by atoms with Crippen molar-refractivity contribution in [1.29, 1.82) is 0 Å². The van der Waals surface area contributed by atoms with E-state index >= 15 is 0 Å². The number of rotatable bonds is 8. The molecule has 1 aromatic heterocycles. The number of nitrogens with zero attached hydrogens (tertiary/aromatic N) is 5. The van der Waals surface area contributed by atoms with E-state index in [9.17, 15) is 18.0 Å². The molecule has 3 saturated carbocycles. The number of aromatic nitrogens is 1. The van der Waals surface area contributed by atoms with Gasteiger partial charge in [0.05, 0.1) is 25.4 Å². The molecule has 3 heterocycles. The van der Waals surface area contributed by atoms with E-state index in [1.807, 2.05) is 22.9 Å². The van der Waals surface area contributed by atoms with E-state index < -0.39 is 11.6 Å². The molecular formula is C28H41F3N7O+. The van der Waals surface area contributed by atoms with Crippen LogP contribution in [0.2, 0.25) is 0 Å². The number of hydrazone groups is 1. The zero-order valence-electron chi connectivity index (χ0n) is 23.4. The van der Waals surface area contributed by atoms with E-state index in [1.165, 1.54) is 18.7 Å². The molecule has 0 aromatic carbocycles.